The largest absolute Gasteiger partial charge is 0.381 e. The van der Waals surface area contributed by atoms with Crippen LogP contribution in [0.5, 0.6) is 0 Å². The second-order valence-corrected chi connectivity index (χ2v) is 5.83. The molecular weight excluding hydrogens is 276 g/mol. The monoisotopic (exact) mass is 302 g/mol. The van der Waals surface area contributed by atoms with E-state index in [-0.39, 0.29) is 11.9 Å². The van der Waals surface area contributed by atoms with Gasteiger partial charge in [-0.05, 0) is 30.7 Å². The van der Waals surface area contributed by atoms with Crippen LogP contribution in [-0.2, 0) is 16.0 Å². The van der Waals surface area contributed by atoms with Crippen molar-refractivity contribution in [1.82, 2.24) is 5.32 Å². The summed E-state index contributed by atoms with van der Waals surface area (Å²) < 4.78 is 5.54. The van der Waals surface area contributed by atoms with Crippen molar-refractivity contribution in [2.75, 3.05) is 13.2 Å². The number of carbonyl (C=O) groups excluding carboxylic acids is 1. The van der Waals surface area contributed by atoms with E-state index in [1.165, 1.54) is 5.56 Å². The highest BCUT2D eigenvalue weighted by atomic mass is 16.5. The standard InChI is InChI=1S/C18H26N2O2/c1-15(2)13-17(14-19)20-18(21)9-6-11-22-12-10-16-7-4-3-5-8-16/h3-5,7-8,15,17H,6,9-13H2,1-2H3,(H,20,21). The highest BCUT2D eigenvalue weighted by Gasteiger charge is 2.12. The Hall–Kier alpha value is -1.86. The van der Waals surface area contributed by atoms with E-state index in [1.54, 1.807) is 0 Å². The van der Waals surface area contributed by atoms with Gasteiger partial charge in [-0.25, -0.2) is 0 Å². The van der Waals surface area contributed by atoms with E-state index in [4.69, 9.17) is 10.00 Å². The summed E-state index contributed by atoms with van der Waals surface area (Å²) in [5.41, 5.74) is 1.26. The molecule has 1 aromatic carbocycles. The maximum atomic E-state index is 11.7. The van der Waals surface area contributed by atoms with Gasteiger partial charge in [0.1, 0.15) is 6.04 Å². The Kier molecular flexibility index (Phi) is 8.94. The van der Waals surface area contributed by atoms with Crippen LogP contribution in [0.25, 0.3) is 0 Å². The first-order valence-electron chi connectivity index (χ1n) is 7.92. The summed E-state index contributed by atoms with van der Waals surface area (Å²) >= 11 is 0. The number of nitrogens with one attached hydrogen (secondary N) is 1. The summed E-state index contributed by atoms with van der Waals surface area (Å²) in [5, 5.41) is 11.7. The van der Waals surface area contributed by atoms with E-state index in [9.17, 15) is 4.79 Å². The average Bonchev–Trinajstić information content (AvgIpc) is 2.50. The number of ether oxygens (including phenoxy) is 1. The zero-order chi connectivity index (χ0) is 16.2. The number of nitriles is 1. The van der Waals surface area contributed by atoms with Crippen LogP contribution >= 0.6 is 0 Å². The topological polar surface area (TPSA) is 62.1 Å². The predicted molar refractivity (Wildman–Crippen MR) is 87.2 cm³/mol. The average molecular weight is 302 g/mol. The molecule has 0 aliphatic heterocycles. The Bertz CT molecular complexity index is 466. The Balaban J connectivity index is 2.06. The maximum absolute atomic E-state index is 11.7. The SMILES string of the molecule is CC(C)CC(C#N)NC(=O)CCCOCCc1ccccc1. The van der Waals surface area contributed by atoms with Crippen molar-refractivity contribution in [2.45, 2.75) is 45.6 Å². The second-order valence-electron chi connectivity index (χ2n) is 5.83. The Labute approximate surface area is 133 Å². The molecule has 120 valence electrons. The van der Waals surface area contributed by atoms with Crippen LogP contribution < -0.4 is 5.32 Å². The van der Waals surface area contributed by atoms with Crippen LogP contribution in [0.1, 0.15) is 38.7 Å². The third-order valence-corrected chi connectivity index (χ3v) is 3.27. The van der Waals surface area contributed by atoms with E-state index in [0.29, 0.717) is 38.4 Å². The van der Waals surface area contributed by atoms with Crippen molar-refractivity contribution >= 4 is 5.91 Å². The molecule has 0 spiro atoms. The first-order chi connectivity index (χ1) is 10.6. The fourth-order valence-electron chi connectivity index (χ4n) is 2.15. The predicted octanol–water partition coefficient (Wildman–Crippen LogP) is 3.08. The van der Waals surface area contributed by atoms with Gasteiger partial charge in [0.15, 0.2) is 0 Å². The van der Waals surface area contributed by atoms with Crippen molar-refractivity contribution < 1.29 is 9.53 Å². The van der Waals surface area contributed by atoms with Gasteiger partial charge in [0, 0.05) is 13.0 Å². The van der Waals surface area contributed by atoms with Crippen molar-refractivity contribution in [2.24, 2.45) is 5.92 Å². The van der Waals surface area contributed by atoms with Gasteiger partial charge in [-0.2, -0.15) is 5.26 Å². The van der Waals surface area contributed by atoms with Gasteiger partial charge in [0.05, 0.1) is 12.7 Å². The van der Waals surface area contributed by atoms with Crippen LogP contribution in [0.2, 0.25) is 0 Å². The maximum Gasteiger partial charge on any atom is 0.221 e. The van der Waals surface area contributed by atoms with E-state index in [1.807, 2.05) is 32.0 Å². The molecule has 1 atom stereocenters. The highest BCUT2D eigenvalue weighted by Crippen LogP contribution is 2.04. The van der Waals surface area contributed by atoms with Gasteiger partial charge in [0.2, 0.25) is 5.91 Å². The molecule has 0 aromatic heterocycles. The second kappa shape index (κ2) is 10.8. The molecule has 1 rings (SSSR count). The smallest absolute Gasteiger partial charge is 0.221 e. The Morgan fingerprint density at radius 2 is 2.00 bits per heavy atom. The lowest BCUT2D eigenvalue weighted by Crippen LogP contribution is -2.34. The molecule has 22 heavy (non-hydrogen) atoms. The fourth-order valence-corrected chi connectivity index (χ4v) is 2.15. The van der Waals surface area contributed by atoms with Crippen molar-refractivity contribution in [3.8, 4) is 6.07 Å². The van der Waals surface area contributed by atoms with Crippen LogP contribution in [0.15, 0.2) is 30.3 Å². The minimum atomic E-state index is -0.383. The molecule has 0 radical (unpaired) electrons. The van der Waals surface area contributed by atoms with E-state index in [2.05, 4.69) is 23.5 Å². The molecule has 0 bridgehead atoms. The first kappa shape index (κ1) is 18.2. The molecule has 1 aromatic rings. The molecule has 0 saturated carbocycles. The molecule has 1 unspecified atom stereocenters. The minimum Gasteiger partial charge on any atom is -0.381 e. The number of rotatable bonds is 10. The molecule has 4 heteroatoms. The third-order valence-electron chi connectivity index (χ3n) is 3.27. The molecule has 1 amide bonds. The summed E-state index contributed by atoms with van der Waals surface area (Å²) in [7, 11) is 0. The zero-order valence-electron chi connectivity index (χ0n) is 13.5. The lowest BCUT2D eigenvalue weighted by Gasteiger charge is -2.13. The molecule has 0 aliphatic rings. The molecule has 1 N–H and O–H groups in total. The number of hydrogen-bond acceptors (Lipinski definition) is 3. The molecular formula is C18H26N2O2. The zero-order valence-corrected chi connectivity index (χ0v) is 13.5. The minimum absolute atomic E-state index is 0.0705. The van der Waals surface area contributed by atoms with Gasteiger partial charge in [-0.15, -0.1) is 0 Å². The Morgan fingerprint density at radius 1 is 1.27 bits per heavy atom. The van der Waals surface area contributed by atoms with Crippen LogP contribution in [0.3, 0.4) is 0 Å². The molecule has 0 fully saturated rings. The van der Waals surface area contributed by atoms with E-state index < -0.39 is 0 Å². The summed E-state index contributed by atoms with van der Waals surface area (Å²) in [6.07, 6.45) is 2.66. The number of benzene rings is 1. The van der Waals surface area contributed by atoms with Gasteiger partial charge in [0.25, 0.3) is 0 Å². The molecule has 0 heterocycles. The van der Waals surface area contributed by atoms with Crippen molar-refractivity contribution in [3.05, 3.63) is 35.9 Å². The lowest BCUT2D eigenvalue weighted by molar-refractivity contribution is -0.121. The van der Waals surface area contributed by atoms with Crippen molar-refractivity contribution in [3.63, 3.8) is 0 Å². The van der Waals surface area contributed by atoms with Gasteiger partial charge >= 0.3 is 0 Å². The van der Waals surface area contributed by atoms with Crippen LogP contribution in [0.4, 0.5) is 0 Å². The summed E-state index contributed by atoms with van der Waals surface area (Å²) in [4.78, 5) is 11.7. The van der Waals surface area contributed by atoms with Crippen LogP contribution in [0, 0.1) is 17.2 Å². The van der Waals surface area contributed by atoms with Crippen LogP contribution in [-0.4, -0.2) is 25.2 Å². The first-order valence-corrected chi connectivity index (χ1v) is 7.92. The number of nitrogens with zero attached hydrogens (tertiary/aromatic N) is 1. The lowest BCUT2D eigenvalue weighted by atomic mass is 10.0. The Morgan fingerprint density at radius 3 is 2.64 bits per heavy atom. The van der Waals surface area contributed by atoms with Gasteiger partial charge in [-0.3, -0.25) is 4.79 Å². The summed E-state index contributed by atoms with van der Waals surface area (Å²) in [6.45, 7) is 5.32. The number of hydrogen-bond donors (Lipinski definition) is 1. The quantitative estimate of drug-likeness (QED) is 0.676. The molecule has 4 nitrogen and oxygen atoms in total. The molecule has 0 saturated heterocycles. The third kappa shape index (κ3) is 8.43. The van der Waals surface area contributed by atoms with E-state index >= 15 is 0 Å². The summed E-state index contributed by atoms with van der Waals surface area (Å²) in [6, 6.07) is 11.9. The molecule has 0 aliphatic carbocycles. The van der Waals surface area contributed by atoms with Gasteiger partial charge in [-0.1, -0.05) is 44.2 Å². The fraction of sp³-hybridized carbons (Fsp3) is 0.556. The number of amides is 1. The van der Waals surface area contributed by atoms with Crippen molar-refractivity contribution in [1.29, 1.82) is 5.26 Å². The van der Waals surface area contributed by atoms with E-state index in [0.717, 1.165) is 6.42 Å². The number of carbonyl (C=O) groups is 1. The normalized spacial score (nSPS) is 11.9. The van der Waals surface area contributed by atoms with Gasteiger partial charge < -0.3 is 10.1 Å². The summed E-state index contributed by atoms with van der Waals surface area (Å²) in [5.74, 6) is 0.324. The highest BCUT2D eigenvalue weighted by molar-refractivity contribution is 5.76.